The largest absolute Gasteiger partial charge is 0.329 e. The second kappa shape index (κ2) is 4.76. The normalized spacial score (nSPS) is 19.6. The summed E-state index contributed by atoms with van der Waals surface area (Å²) in [6.45, 7) is 0.168. The zero-order valence-electron chi connectivity index (χ0n) is 9.96. The van der Waals surface area contributed by atoms with Crippen LogP contribution in [-0.2, 0) is 16.4 Å². The van der Waals surface area contributed by atoms with Crippen molar-refractivity contribution in [3.8, 4) is 0 Å². The maximum Gasteiger partial charge on any atom is 0.215 e. The van der Waals surface area contributed by atoms with E-state index in [-0.39, 0.29) is 18.3 Å². The van der Waals surface area contributed by atoms with Gasteiger partial charge in [-0.1, -0.05) is 24.3 Å². The predicted octanol–water partition coefficient (Wildman–Crippen LogP) is 0.894. The van der Waals surface area contributed by atoms with Crippen LogP contribution in [0.4, 0.5) is 0 Å². The van der Waals surface area contributed by atoms with E-state index in [1.165, 1.54) is 9.87 Å². The minimum atomic E-state index is -3.23. The molecule has 0 saturated carbocycles. The molecule has 0 spiro atoms. The number of nitrogens with two attached hydrogens (primary N) is 1. The molecule has 1 aliphatic carbocycles. The van der Waals surface area contributed by atoms with Gasteiger partial charge in [-0.2, -0.15) is 4.31 Å². The van der Waals surface area contributed by atoms with Gasteiger partial charge < -0.3 is 5.73 Å². The molecule has 0 radical (unpaired) electrons. The van der Waals surface area contributed by atoms with Crippen LogP contribution < -0.4 is 5.73 Å². The highest BCUT2D eigenvalue weighted by atomic mass is 32.2. The second-order valence-electron chi connectivity index (χ2n) is 4.37. The fraction of sp³-hybridized carbons (Fsp3) is 0.500. The highest BCUT2D eigenvalue weighted by Crippen LogP contribution is 2.35. The van der Waals surface area contributed by atoms with Crippen molar-refractivity contribution in [2.75, 3.05) is 19.3 Å². The summed E-state index contributed by atoms with van der Waals surface area (Å²) >= 11 is 0. The quantitative estimate of drug-likeness (QED) is 0.868. The molecule has 1 atom stereocenters. The molecule has 2 rings (SSSR count). The lowest BCUT2D eigenvalue weighted by Gasteiger charge is -2.24. The van der Waals surface area contributed by atoms with Gasteiger partial charge in [0.15, 0.2) is 0 Å². The fourth-order valence-corrected chi connectivity index (χ4v) is 3.59. The van der Waals surface area contributed by atoms with E-state index >= 15 is 0 Å². The van der Waals surface area contributed by atoms with E-state index in [1.807, 2.05) is 18.2 Å². The number of sulfonamides is 1. The van der Waals surface area contributed by atoms with Crippen molar-refractivity contribution in [1.29, 1.82) is 0 Å². The third-order valence-corrected chi connectivity index (χ3v) is 5.24. The lowest BCUT2D eigenvalue weighted by atomic mass is 10.1. The van der Waals surface area contributed by atoms with Gasteiger partial charge in [0.05, 0.1) is 5.75 Å². The van der Waals surface area contributed by atoms with Crippen LogP contribution in [0.5, 0.6) is 0 Å². The summed E-state index contributed by atoms with van der Waals surface area (Å²) < 4.78 is 25.4. The zero-order valence-corrected chi connectivity index (χ0v) is 10.8. The molecular formula is C12H18N2O2S. The summed E-state index contributed by atoms with van der Waals surface area (Å²) in [6, 6.07) is 8.01. The number of aryl methyl sites for hydroxylation is 1. The molecule has 5 heteroatoms. The minimum absolute atomic E-state index is 0.0160. The molecule has 2 N–H and O–H groups in total. The molecule has 1 unspecified atom stereocenters. The second-order valence-corrected chi connectivity index (χ2v) is 6.52. The summed E-state index contributed by atoms with van der Waals surface area (Å²) in [5, 5.41) is 0. The standard InChI is InChI=1S/C12H18N2O2S/c1-14(17(15,16)9-8-13)12-7-6-10-4-2-3-5-11(10)12/h2-5,12H,6-9,13H2,1H3. The van der Waals surface area contributed by atoms with Gasteiger partial charge in [-0.05, 0) is 24.0 Å². The van der Waals surface area contributed by atoms with Crippen LogP contribution in [0.2, 0.25) is 0 Å². The monoisotopic (exact) mass is 254 g/mol. The maximum atomic E-state index is 12.0. The first-order chi connectivity index (χ1) is 8.06. The summed E-state index contributed by atoms with van der Waals surface area (Å²) in [6.07, 6.45) is 1.81. The molecule has 4 nitrogen and oxygen atoms in total. The number of hydrogen-bond acceptors (Lipinski definition) is 3. The van der Waals surface area contributed by atoms with E-state index in [1.54, 1.807) is 7.05 Å². The van der Waals surface area contributed by atoms with Gasteiger partial charge in [-0.25, -0.2) is 8.42 Å². The SMILES string of the molecule is CN(C1CCc2ccccc21)S(=O)(=O)CCN. The molecule has 0 fully saturated rings. The van der Waals surface area contributed by atoms with Crippen LogP contribution in [0, 0.1) is 0 Å². The van der Waals surface area contributed by atoms with Gasteiger partial charge in [0.2, 0.25) is 10.0 Å². The molecule has 1 aliphatic rings. The Bertz CT molecular complexity index is 499. The smallest absolute Gasteiger partial charge is 0.215 e. The third-order valence-electron chi connectivity index (χ3n) is 3.35. The zero-order chi connectivity index (χ0) is 12.5. The number of benzene rings is 1. The van der Waals surface area contributed by atoms with Gasteiger partial charge in [0, 0.05) is 19.6 Å². The Morgan fingerprint density at radius 3 is 2.82 bits per heavy atom. The third kappa shape index (κ3) is 2.36. The Balaban J connectivity index is 2.26. The number of nitrogens with zero attached hydrogens (tertiary/aromatic N) is 1. The van der Waals surface area contributed by atoms with Gasteiger partial charge in [0.1, 0.15) is 0 Å². The van der Waals surface area contributed by atoms with Crippen LogP contribution in [0.25, 0.3) is 0 Å². The average Bonchev–Trinajstić information content (AvgIpc) is 2.71. The fourth-order valence-electron chi connectivity index (χ4n) is 2.40. The highest BCUT2D eigenvalue weighted by molar-refractivity contribution is 7.89. The van der Waals surface area contributed by atoms with E-state index in [9.17, 15) is 8.42 Å². The van der Waals surface area contributed by atoms with Crippen molar-refractivity contribution in [3.05, 3.63) is 35.4 Å². The number of hydrogen-bond donors (Lipinski definition) is 1. The van der Waals surface area contributed by atoms with Crippen molar-refractivity contribution in [3.63, 3.8) is 0 Å². The van der Waals surface area contributed by atoms with Gasteiger partial charge in [0.25, 0.3) is 0 Å². The van der Waals surface area contributed by atoms with E-state index in [2.05, 4.69) is 6.07 Å². The molecule has 0 saturated heterocycles. The average molecular weight is 254 g/mol. The topological polar surface area (TPSA) is 63.4 Å². The van der Waals surface area contributed by atoms with Crippen molar-refractivity contribution >= 4 is 10.0 Å². The van der Waals surface area contributed by atoms with E-state index < -0.39 is 10.0 Å². The molecule has 0 aliphatic heterocycles. The van der Waals surface area contributed by atoms with Crippen molar-refractivity contribution in [2.45, 2.75) is 18.9 Å². The highest BCUT2D eigenvalue weighted by Gasteiger charge is 2.31. The van der Waals surface area contributed by atoms with Crippen LogP contribution in [-0.4, -0.2) is 32.1 Å². The van der Waals surface area contributed by atoms with Crippen LogP contribution in [0.15, 0.2) is 24.3 Å². The summed E-state index contributed by atoms with van der Waals surface area (Å²) in [5.74, 6) is 0.0160. The van der Waals surface area contributed by atoms with Gasteiger partial charge >= 0.3 is 0 Å². The lowest BCUT2D eigenvalue weighted by molar-refractivity contribution is 0.374. The van der Waals surface area contributed by atoms with Crippen molar-refractivity contribution in [1.82, 2.24) is 4.31 Å². The van der Waals surface area contributed by atoms with Crippen LogP contribution in [0.1, 0.15) is 23.6 Å². The van der Waals surface area contributed by atoms with E-state index in [0.29, 0.717) is 0 Å². The Labute approximate surface area is 102 Å². The van der Waals surface area contributed by atoms with Crippen LogP contribution >= 0.6 is 0 Å². The van der Waals surface area contributed by atoms with Crippen molar-refractivity contribution < 1.29 is 8.42 Å². The summed E-state index contributed by atoms with van der Waals surface area (Å²) in [7, 11) is -1.58. The Hall–Kier alpha value is -0.910. The Kier molecular flexibility index (Phi) is 3.51. The van der Waals surface area contributed by atoms with Crippen LogP contribution in [0.3, 0.4) is 0 Å². The molecule has 0 aromatic heterocycles. The van der Waals surface area contributed by atoms with Gasteiger partial charge in [-0.3, -0.25) is 0 Å². The first kappa shape index (κ1) is 12.5. The lowest BCUT2D eigenvalue weighted by Crippen LogP contribution is -2.34. The first-order valence-corrected chi connectivity index (χ1v) is 7.41. The molecular weight excluding hydrogens is 236 g/mol. The Morgan fingerprint density at radius 2 is 2.12 bits per heavy atom. The minimum Gasteiger partial charge on any atom is -0.329 e. The molecule has 0 bridgehead atoms. The molecule has 1 aromatic rings. The molecule has 0 heterocycles. The summed E-state index contributed by atoms with van der Waals surface area (Å²) in [4.78, 5) is 0. The number of fused-ring (bicyclic) bond motifs is 1. The number of rotatable bonds is 4. The van der Waals surface area contributed by atoms with Crippen molar-refractivity contribution in [2.24, 2.45) is 5.73 Å². The van der Waals surface area contributed by atoms with E-state index in [4.69, 9.17) is 5.73 Å². The molecule has 0 amide bonds. The molecule has 94 valence electrons. The van der Waals surface area contributed by atoms with Gasteiger partial charge in [-0.15, -0.1) is 0 Å². The maximum absolute atomic E-state index is 12.0. The Morgan fingerprint density at radius 1 is 1.41 bits per heavy atom. The predicted molar refractivity (Wildman–Crippen MR) is 68.1 cm³/mol. The first-order valence-electron chi connectivity index (χ1n) is 5.80. The summed E-state index contributed by atoms with van der Waals surface area (Å²) in [5.41, 5.74) is 7.73. The molecule has 17 heavy (non-hydrogen) atoms. The molecule has 1 aromatic carbocycles. The van der Waals surface area contributed by atoms with E-state index in [0.717, 1.165) is 18.4 Å².